The molecule has 0 atom stereocenters. The van der Waals surface area contributed by atoms with E-state index in [1.54, 1.807) is 13.1 Å². The first kappa shape index (κ1) is 23.7. The van der Waals surface area contributed by atoms with Gasteiger partial charge in [0, 0.05) is 11.9 Å². The zero-order chi connectivity index (χ0) is 24.6. The first-order valence-corrected chi connectivity index (χ1v) is 11.5. The topological polar surface area (TPSA) is 103 Å². The maximum atomic E-state index is 7.95. The summed E-state index contributed by atoms with van der Waals surface area (Å²) in [6.07, 6.45) is 10.2. The maximum absolute atomic E-state index is 7.95. The quantitative estimate of drug-likeness (QED) is 0.259. The van der Waals surface area contributed by atoms with Crippen molar-refractivity contribution in [3.05, 3.63) is 96.1 Å². The van der Waals surface area contributed by atoms with Crippen LogP contribution in [0.3, 0.4) is 0 Å². The average molecular weight is 465 g/mol. The summed E-state index contributed by atoms with van der Waals surface area (Å²) in [6.45, 7) is 5.62. The molecular weight excluding hydrogens is 436 g/mol. The zero-order valence-corrected chi connectivity index (χ0v) is 20.1. The van der Waals surface area contributed by atoms with Crippen molar-refractivity contribution in [2.45, 2.75) is 33.6 Å². The third kappa shape index (κ3) is 6.11. The molecule has 176 valence electrons. The molecule has 0 spiro atoms. The van der Waals surface area contributed by atoms with E-state index in [-0.39, 0.29) is 0 Å². The van der Waals surface area contributed by atoms with Crippen molar-refractivity contribution in [3.8, 4) is 0 Å². The Labute approximate surface area is 205 Å². The fourth-order valence-corrected chi connectivity index (χ4v) is 3.49. The third-order valence-corrected chi connectivity index (χ3v) is 5.40. The van der Waals surface area contributed by atoms with Crippen LogP contribution in [0.2, 0.25) is 0 Å². The number of hydrogen-bond acceptors (Lipinski definition) is 7. The molecule has 0 fully saturated rings. The van der Waals surface area contributed by atoms with Gasteiger partial charge in [-0.05, 0) is 76.1 Å². The molecule has 1 heterocycles. The fraction of sp³-hybridized carbons (Fsp3) is 0.185. The number of anilines is 1. The molecule has 4 rings (SSSR count). The van der Waals surface area contributed by atoms with E-state index in [1.165, 1.54) is 0 Å². The molecule has 0 saturated carbocycles. The molecule has 1 aliphatic rings. The number of nitrogens with one attached hydrogen (secondary N) is 2. The van der Waals surface area contributed by atoms with E-state index in [0.717, 1.165) is 41.3 Å². The molecule has 1 aliphatic carbocycles. The molecule has 0 amide bonds. The van der Waals surface area contributed by atoms with Gasteiger partial charge in [0.2, 0.25) is 0 Å². The Kier molecular flexibility index (Phi) is 7.52. The van der Waals surface area contributed by atoms with Gasteiger partial charge in [-0.25, -0.2) is 4.68 Å². The van der Waals surface area contributed by atoms with E-state index in [1.807, 2.05) is 73.1 Å². The summed E-state index contributed by atoms with van der Waals surface area (Å²) in [5.41, 5.74) is 6.68. The van der Waals surface area contributed by atoms with Gasteiger partial charge in [-0.1, -0.05) is 30.4 Å². The summed E-state index contributed by atoms with van der Waals surface area (Å²) in [5, 5.41) is 33.1. The predicted octanol–water partition coefficient (Wildman–Crippen LogP) is 8.18. The highest BCUT2D eigenvalue weighted by atomic mass is 15.3. The highest BCUT2D eigenvalue weighted by Gasteiger charge is 2.13. The van der Waals surface area contributed by atoms with Crippen LogP contribution in [0.5, 0.6) is 0 Å². The summed E-state index contributed by atoms with van der Waals surface area (Å²) in [7, 11) is 0. The van der Waals surface area contributed by atoms with Crippen LogP contribution >= 0.6 is 0 Å². The van der Waals surface area contributed by atoms with Crippen LogP contribution < -0.4 is 5.32 Å². The van der Waals surface area contributed by atoms with Crippen LogP contribution in [0.4, 0.5) is 22.7 Å². The fourth-order valence-electron chi connectivity index (χ4n) is 3.49. The lowest BCUT2D eigenvalue weighted by Crippen LogP contribution is -2.01. The van der Waals surface area contributed by atoms with Crippen molar-refractivity contribution < 1.29 is 0 Å². The van der Waals surface area contributed by atoms with Gasteiger partial charge in [0.05, 0.1) is 34.2 Å². The Morgan fingerprint density at radius 2 is 1.69 bits per heavy atom. The minimum Gasteiger partial charge on any atom is -0.360 e. The summed E-state index contributed by atoms with van der Waals surface area (Å²) in [6, 6.07) is 17.0. The Morgan fingerprint density at radius 1 is 0.971 bits per heavy atom. The van der Waals surface area contributed by atoms with Crippen LogP contribution in [0.15, 0.2) is 105 Å². The molecule has 0 saturated heterocycles. The first-order chi connectivity index (χ1) is 17.0. The Balaban J connectivity index is 1.45. The van der Waals surface area contributed by atoms with Crippen molar-refractivity contribution >= 4 is 34.2 Å². The normalized spacial score (nSPS) is 14.0. The largest absolute Gasteiger partial charge is 0.360 e. The SMILES string of the molecule is CC(=N)C(=C\Nc1ccccc1)/N=N/c1ccc(/N=N/c2c(C)nn(C3=CCCC=C3)c2C)cc1. The van der Waals surface area contributed by atoms with E-state index in [0.29, 0.717) is 22.8 Å². The lowest BCUT2D eigenvalue weighted by molar-refractivity contribution is 0.845. The molecule has 0 radical (unpaired) electrons. The third-order valence-electron chi connectivity index (χ3n) is 5.40. The first-order valence-electron chi connectivity index (χ1n) is 11.5. The van der Waals surface area contributed by atoms with Crippen LogP contribution in [0.1, 0.15) is 31.2 Å². The van der Waals surface area contributed by atoms with E-state index >= 15 is 0 Å². The van der Waals surface area contributed by atoms with E-state index in [4.69, 9.17) is 5.41 Å². The highest BCUT2D eigenvalue weighted by molar-refractivity contribution is 5.95. The van der Waals surface area contributed by atoms with Gasteiger partial charge in [-0.15, -0.1) is 10.2 Å². The molecular formula is C27H28N8. The minimum atomic E-state index is 0.313. The van der Waals surface area contributed by atoms with Gasteiger partial charge < -0.3 is 10.7 Å². The second-order valence-electron chi connectivity index (χ2n) is 8.12. The number of allylic oxidation sites excluding steroid dienone is 5. The average Bonchev–Trinajstić information content (AvgIpc) is 3.17. The molecule has 1 aromatic heterocycles. The number of rotatable bonds is 8. The minimum absolute atomic E-state index is 0.313. The van der Waals surface area contributed by atoms with Crippen molar-refractivity contribution in [2.75, 3.05) is 5.32 Å². The number of benzene rings is 2. The maximum Gasteiger partial charge on any atom is 0.130 e. The summed E-state index contributed by atoms with van der Waals surface area (Å²) >= 11 is 0. The number of nitrogens with zero attached hydrogens (tertiary/aromatic N) is 6. The van der Waals surface area contributed by atoms with Crippen LogP contribution in [0.25, 0.3) is 5.70 Å². The predicted molar refractivity (Wildman–Crippen MR) is 141 cm³/mol. The van der Waals surface area contributed by atoms with E-state index in [9.17, 15) is 0 Å². The number of azo groups is 2. The Bertz CT molecular complexity index is 1340. The lowest BCUT2D eigenvalue weighted by atomic mass is 10.1. The standard InChI is InChI=1S/C27H28N8/c1-19(28)26(18-29-22-10-6-4-7-11-22)32-30-23-14-16-24(17-15-23)31-33-27-20(2)34-35(21(27)3)25-12-8-5-9-13-25/h4,6-8,10-18,28-29H,5,9H2,1-3H3/b26-18+,28-19?,32-30+,33-31+. The Hall–Kier alpha value is -4.46. The van der Waals surface area contributed by atoms with Gasteiger partial charge in [-0.3, -0.25) is 0 Å². The van der Waals surface area contributed by atoms with Gasteiger partial charge in [0.15, 0.2) is 0 Å². The van der Waals surface area contributed by atoms with E-state index < -0.39 is 0 Å². The molecule has 3 aromatic rings. The van der Waals surface area contributed by atoms with Gasteiger partial charge in [0.1, 0.15) is 11.4 Å². The van der Waals surface area contributed by atoms with Gasteiger partial charge in [0.25, 0.3) is 0 Å². The highest BCUT2D eigenvalue weighted by Crippen LogP contribution is 2.29. The second-order valence-corrected chi connectivity index (χ2v) is 8.12. The molecule has 0 aliphatic heterocycles. The van der Waals surface area contributed by atoms with E-state index in [2.05, 4.69) is 49.1 Å². The molecule has 2 aromatic carbocycles. The number of aromatic nitrogens is 2. The van der Waals surface area contributed by atoms with Crippen LogP contribution in [-0.4, -0.2) is 15.5 Å². The monoisotopic (exact) mass is 464 g/mol. The molecule has 8 heteroatoms. The number of para-hydroxylation sites is 1. The van der Waals surface area contributed by atoms with Crippen molar-refractivity contribution in [1.82, 2.24) is 9.78 Å². The van der Waals surface area contributed by atoms with Crippen molar-refractivity contribution in [3.63, 3.8) is 0 Å². The number of hydrogen-bond donors (Lipinski definition) is 2. The second kappa shape index (κ2) is 11.1. The van der Waals surface area contributed by atoms with Crippen LogP contribution in [-0.2, 0) is 0 Å². The molecule has 0 bridgehead atoms. The lowest BCUT2D eigenvalue weighted by Gasteiger charge is -2.08. The van der Waals surface area contributed by atoms with Gasteiger partial charge in [-0.2, -0.15) is 15.3 Å². The molecule has 0 unspecified atom stereocenters. The van der Waals surface area contributed by atoms with Gasteiger partial charge >= 0.3 is 0 Å². The van der Waals surface area contributed by atoms with Crippen molar-refractivity contribution in [2.24, 2.45) is 20.5 Å². The van der Waals surface area contributed by atoms with Crippen LogP contribution in [0, 0.1) is 19.3 Å². The molecule has 35 heavy (non-hydrogen) atoms. The zero-order valence-electron chi connectivity index (χ0n) is 20.1. The summed E-state index contributed by atoms with van der Waals surface area (Å²) in [5.74, 6) is 0. The molecule has 8 nitrogen and oxygen atoms in total. The molecule has 2 N–H and O–H groups in total. The summed E-state index contributed by atoms with van der Waals surface area (Å²) in [4.78, 5) is 0. The smallest absolute Gasteiger partial charge is 0.130 e. The Morgan fingerprint density at radius 3 is 2.34 bits per heavy atom. The number of aryl methyl sites for hydroxylation is 1. The summed E-state index contributed by atoms with van der Waals surface area (Å²) < 4.78 is 1.92. The van der Waals surface area contributed by atoms with Crippen molar-refractivity contribution in [1.29, 1.82) is 5.41 Å².